The third-order valence-corrected chi connectivity index (χ3v) is 6.28. The summed E-state index contributed by atoms with van der Waals surface area (Å²) in [4.78, 5) is 65.6. The van der Waals surface area contributed by atoms with E-state index in [4.69, 9.17) is 45.7 Å². The summed E-state index contributed by atoms with van der Waals surface area (Å²) in [5, 5.41) is 33.4. The number of aliphatic hydroxyl groups excluding tert-OH is 4. The molecule has 0 amide bonds. The maximum atomic E-state index is 11.7. The van der Waals surface area contributed by atoms with Crippen molar-refractivity contribution >= 4 is 31.6 Å². The molecule has 52 heavy (non-hydrogen) atoms. The van der Waals surface area contributed by atoms with Crippen molar-refractivity contribution in [1.29, 1.82) is 1.34 Å². The van der Waals surface area contributed by atoms with E-state index in [1.807, 2.05) is 13.8 Å². The maximum absolute atomic E-state index is 11.7. The van der Waals surface area contributed by atoms with Crippen LogP contribution < -0.4 is 0 Å². The Kier molecular flexibility index (Phi) is 33.9. The van der Waals surface area contributed by atoms with Gasteiger partial charge in [-0.3, -0.25) is 9.78 Å². The number of hydrogen-bond acceptors (Lipinski definition) is 15. The van der Waals surface area contributed by atoms with Crippen LogP contribution in [0.1, 0.15) is 119 Å². The molecule has 4 N–H and O–H groups in total. The molecule has 2 rings (SSSR count). The predicted molar refractivity (Wildman–Crippen MR) is 190 cm³/mol. The fourth-order valence-electron chi connectivity index (χ4n) is 3.33. The van der Waals surface area contributed by atoms with Crippen LogP contribution in [0.2, 0.25) is 0 Å². The van der Waals surface area contributed by atoms with Crippen molar-refractivity contribution in [3.05, 3.63) is 70.8 Å². The Labute approximate surface area is 307 Å². The Balaban J connectivity index is 0. The Morgan fingerprint density at radius 1 is 0.500 bits per heavy atom. The summed E-state index contributed by atoms with van der Waals surface area (Å²) in [5.74, 6) is -2.12. The van der Waals surface area contributed by atoms with Gasteiger partial charge in [0.1, 0.15) is 0 Å². The summed E-state index contributed by atoms with van der Waals surface area (Å²) < 4.78 is 24.1. The molecule has 2 aromatic carbocycles. The van der Waals surface area contributed by atoms with Gasteiger partial charge in [-0.05, 0) is 99.9 Å². The standard InChI is InChI=1S/2C16H22O6.C4H10O2.BHO/c2*1-2-3-12-21-22-16(19)14-8-6-13(7-9-14)15(18)20-11-5-4-10-17;5-3-1-2-4-6;1-2/h2*6-9,17H,2-5,10-12H2,1H3;5-6H,1-4H2;1H/i;;;1D. The molecule has 0 aliphatic carbocycles. The monoisotopic (exact) mass is 739 g/mol. The third kappa shape index (κ3) is 26.7. The number of benzene rings is 2. The van der Waals surface area contributed by atoms with Crippen LogP contribution >= 0.6 is 0 Å². The molecule has 0 saturated heterocycles. The molecule has 0 radical (unpaired) electrons. The fourth-order valence-corrected chi connectivity index (χ4v) is 3.33. The van der Waals surface area contributed by atoms with Gasteiger partial charge in [-0.1, -0.05) is 26.7 Å². The molecule has 16 heteroatoms. The number of aliphatic hydroxyl groups is 4. The summed E-state index contributed by atoms with van der Waals surface area (Å²) in [7, 11) is 0. The SMILES string of the molecule is CCCCOOC(=O)c1ccc(C(=O)OCCCCO)cc1.CCCCOOC(=O)c1ccc(C(=O)OCCCCO)cc1.OCCCCO.[2H]B=O. The fraction of sp³-hybridized carbons (Fsp3) is 0.556. The summed E-state index contributed by atoms with van der Waals surface area (Å²) in [6.07, 6.45) is 7.38. The van der Waals surface area contributed by atoms with Crippen LogP contribution in [0, 0.1) is 0 Å². The Bertz CT molecular complexity index is 1040. The van der Waals surface area contributed by atoms with E-state index in [0.717, 1.165) is 38.5 Å². The van der Waals surface area contributed by atoms with E-state index in [1.54, 1.807) is 0 Å². The molecule has 0 saturated carbocycles. The average Bonchev–Trinajstić information content (AvgIpc) is 3.18. The van der Waals surface area contributed by atoms with Crippen LogP contribution in [0.5, 0.6) is 0 Å². The van der Waals surface area contributed by atoms with E-state index in [2.05, 4.69) is 9.78 Å². The molecule has 0 atom stereocenters. The molecule has 0 aliphatic rings. The zero-order valence-electron chi connectivity index (χ0n) is 31.2. The molecule has 0 spiro atoms. The number of esters is 2. The van der Waals surface area contributed by atoms with E-state index in [9.17, 15) is 19.2 Å². The van der Waals surface area contributed by atoms with Crippen LogP contribution in [0.15, 0.2) is 48.5 Å². The molecule has 0 aliphatic heterocycles. The van der Waals surface area contributed by atoms with Crippen LogP contribution in [-0.2, 0) is 33.7 Å². The first kappa shape index (κ1) is 47.9. The zero-order valence-corrected chi connectivity index (χ0v) is 30.2. The van der Waals surface area contributed by atoms with Gasteiger partial charge in [0.2, 0.25) is 0 Å². The van der Waals surface area contributed by atoms with E-state index in [1.165, 1.54) is 48.5 Å². The van der Waals surface area contributed by atoms with Crippen molar-refractivity contribution in [1.82, 2.24) is 0 Å². The van der Waals surface area contributed by atoms with Crippen molar-refractivity contribution in [2.24, 2.45) is 0 Å². The predicted octanol–water partition coefficient (Wildman–Crippen LogP) is 3.99. The third-order valence-electron chi connectivity index (χ3n) is 6.28. The van der Waals surface area contributed by atoms with Crippen molar-refractivity contribution in [2.75, 3.05) is 52.9 Å². The molecule has 2 aromatic rings. The molecular weight excluding hydrogens is 683 g/mol. The van der Waals surface area contributed by atoms with E-state index in [-0.39, 0.29) is 47.3 Å². The second kappa shape index (κ2) is 36.7. The molecule has 0 heterocycles. The van der Waals surface area contributed by atoms with Gasteiger partial charge in [0.15, 0.2) is 0 Å². The van der Waals surface area contributed by atoms with Crippen LogP contribution in [-0.4, -0.2) is 106 Å². The molecule has 0 bridgehead atoms. The van der Waals surface area contributed by atoms with Gasteiger partial charge in [0, 0.05) is 26.4 Å². The molecule has 292 valence electrons. The number of carbonyl (C=O) groups excluding carboxylic acids is 4. The first-order valence-corrected chi connectivity index (χ1v) is 17.2. The second-order valence-corrected chi connectivity index (χ2v) is 10.5. The van der Waals surface area contributed by atoms with Crippen molar-refractivity contribution < 1.29 is 73.3 Å². The van der Waals surface area contributed by atoms with Crippen molar-refractivity contribution in [2.45, 2.75) is 78.1 Å². The topological polar surface area (TPSA) is 222 Å². The minimum absolute atomic E-state index is 0. The van der Waals surface area contributed by atoms with Gasteiger partial charge in [-0.2, -0.15) is 9.78 Å². The molecule has 0 fully saturated rings. The number of ether oxygens (including phenoxy) is 2. The van der Waals surface area contributed by atoms with Crippen LogP contribution in [0.3, 0.4) is 0 Å². The van der Waals surface area contributed by atoms with Gasteiger partial charge in [0.05, 0.1) is 48.7 Å². The summed E-state index contributed by atoms with van der Waals surface area (Å²) in [6, 6.07) is 11.9. The van der Waals surface area contributed by atoms with E-state index >= 15 is 0 Å². The van der Waals surface area contributed by atoms with E-state index in [0.29, 0.717) is 61.2 Å². The van der Waals surface area contributed by atoms with Gasteiger partial charge in [-0.25, -0.2) is 19.2 Å². The zero-order chi connectivity index (χ0) is 40.0. The Morgan fingerprint density at radius 3 is 1.04 bits per heavy atom. The van der Waals surface area contributed by atoms with Gasteiger partial charge < -0.3 is 29.9 Å². The van der Waals surface area contributed by atoms with Gasteiger partial charge in [-0.15, -0.1) is 0 Å². The van der Waals surface area contributed by atoms with Gasteiger partial charge >= 0.3 is 37.6 Å². The van der Waals surface area contributed by atoms with E-state index < -0.39 is 23.9 Å². The summed E-state index contributed by atoms with van der Waals surface area (Å²) in [5.41, 5.74) is 1.31. The Hall–Kier alpha value is -4.06. The molecule has 0 unspecified atom stereocenters. The average molecular weight is 740 g/mol. The normalized spacial score (nSPS) is 9.92. The number of carbonyl (C=O) groups is 4. The molecule has 0 aromatic heterocycles. The van der Waals surface area contributed by atoms with Crippen LogP contribution in [0.25, 0.3) is 0 Å². The first-order valence-electron chi connectivity index (χ1n) is 17.8. The molecule has 15 nitrogen and oxygen atoms in total. The number of unbranched alkanes of at least 4 members (excludes halogenated alkanes) is 5. The van der Waals surface area contributed by atoms with Crippen molar-refractivity contribution in [3.8, 4) is 0 Å². The van der Waals surface area contributed by atoms with Crippen LogP contribution in [0.4, 0.5) is 0 Å². The number of rotatable bonds is 23. The Morgan fingerprint density at radius 2 is 0.769 bits per heavy atom. The van der Waals surface area contributed by atoms with Gasteiger partial charge in [0.25, 0.3) is 0 Å². The molecular formula is C36H55BO15. The minimum atomic E-state index is -0.598. The first-order chi connectivity index (χ1) is 25.7. The summed E-state index contributed by atoms with van der Waals surface area (Å²) >= 11 is 0. The number of hydrogen-bond donors (Lipinski definition) is 4. The van der Waals surface area contributed by atoms with Crippen molar-refractivity contribution in [3.63, 3.8) is 0 Å². The quantitative estimate of drug-likeness (QED) is 0.0416. The second-order valence-electron chi connectivity index (χ2n) is 10.5. The summed E-state index contributed by atoms with van der Waals surface area (Å²) in [6.45, 7) is 5.80.